The smallest absolute Gasteiger partial charge is 0.317 e. The third-order valence-electron chi connectivity index (χ3n) is 5.69. The molecule has 1 saturated heterocycles. The molecule has 0 unspecified atom stereocenters. The number of carbonyl (C=O) groups excluding carboxylic acids is 1. The molecule has 2 aliphatic rings. The number of amides is 2. The third kappa shape index (κ3) is 3.80. The first-order valence-corrected chi connectivity index (χ1v) is 9.30. The van der Waals surface area contributed by atoms with Crippen LogP contribution in [-0.4, -0.2) is 59.5 Å². The zero-order chi connectivity index (χ0) is 17.9. The molecule has 2 atom stereocenters. The molecule has 2 fully saturated rings. The highest BCUT2D eigenvalue weighted by molar-refractivity contribution is 5.74. The molecular weight excluding hydrogens is 318 g/mol. The van der Waals surface area contributed by atoms with E-state index in [4.69, 9.17) is 4.74 Å². The Morgan fingerprint density at radius 1 is 1.44 bits per heavy atom. The van der Waals surface area contributed by atoms with E-state index in [9.17, 15) is 9.90 Å². The predicted molar refractivity (Wildman–Crippen MR) is 95.4 cm³/mol. The molecule has 1 aromatic heterocycles. The number of hydrogen-bond acceptors (Lipinski definition) is 4. The standard InChI is InChI=1S/C19H29N3O3/c1-3-25-17-13-16(23)19(17)8-11-22(12-9-19)18(24)20-10-7-15-6-4-5-14(2)21-15/h4-6,16-17,23H,3,7-13H2,1-2H3,(H,20,24)/t16-,17+/m0/s1. The Bertz CT molecular complexity index is 597. The summed E-state index contributed by atoms with van der Waals surface area (Å²) < 4.78 is 5.77. The van der Waals surface area contributed by atoms with E-state index in [-0.39, 0.29) is 23.7 Å². The topological polar surface area (TPSA) is 74.7 Å². The fraction of sp³-hybridized carbons (Fsp3) is 0.684. The Hall–Kier alpha value is -1.66. The minimum atomic E-state index is -0.290. The van der Waals surface area contributed by atoms with E-state index in [1.165, 1.54) is 0 Å². The number of aliphatic hydroxyl groups is 1. The summed E-state index contributed by atoms with van der Waals surface area (Å²) in [6.45, 7) is 6.57. The van der Waals surface area contributed by atoms with Gasteiger partial charge >= 0.3 is 6.03 Å². The van der Waals surface area contributed by atoms with E-state index < -0.39 is 0 Å². The lowest BCUT2D eigenvalue weighted by atomic mass is 9.58. The van der Waals surface area contributed by atoms with Gasteiger partial charge in [-0.05, 0) is 38.8 Å². The SMILES string of the molecule is CCO[C@@H]1C[C@H](O)C12CCN(C(=O)NCCc1cccc(C)n1)CC2. The lowest BCUT2D eigenvalue weighted by Gasteiger charge is -2.56. The van der Waals surface area contributed by atoms with Crippen molar-refractivity contribution in [3.05, 3.63) is 29.6 Å². The zero-order valence-electron chi connectivity index (χ0n) is 15.2. The number of likely N-dealkylation sites (tertiary alicyclic amines) is 1. The summed E-state index contributed by atoms with van der Waals surface area (Å²) in [5, 5.41) is 13.2. The van der Waals surface area contributed by atoms with Gasteiger partial charge in [-0.1, -0.05) is 6.07 Å². The monoisotopic (exact) mass is 347 g/mol. The van der Waals surface area contributed by atoms with Crippen LogP contribution in [0.1, 0.15) is 37.6 Å². The van der Waals surface area contributed by atoms with Gasteiger partial charge < -0.3 is 20.1 Å². The van der Waals surface area contributed by atoms with Crippen LogP contribution in [0.2, 0.25) is 0 Å². The number of rotatable bonds is 5. The van der Waals surface area contributed by atoms with Crippen molar-refractivity contribution in [2.75, 3.05) is 26.2 Å². The van der Waals surface area contributed by atoms with Crippen molar-refractivity contribution in [2.45, 2.75) is 51.7 Å². The van der Waals surface area contributed by atoms with E-state index in [1.54, 1.807) is 0 Å². The second-order valence-corrected chi connectivity index (χ2v) is 7.17. The number of aliphatic hydroxyl groups excluding tert-OH is 1. The van der Waals surface area contributed by atoms with Crippen molar-refractivity contribution in [1.29, 1.82) is 0 Å². The number of aromatic nitrogens is 1. The molecule has 1 spiro atoms. The normalized spacial score (nSPS) is 24.8. The van der Waals surface area contributed by atoms with Gasteiger partial charge in [-0.25, -0.2) is 4.79 Å². The maximum absolute atomic E-state index is 12.4. The van der Waals surface area contributed by atoms with Crippen molar-refractivity contribution in [2.24, 2.45) is 5.41 Å². The summed E-state index contributed by atoms with van der Waals surface area (Å²) in [5.41, 5.74) is 1.85. The zero-order valence-corrected chi connectivity index (χ0v) is 15.2. The number of pyridine rings is 1. The molecule has 0 bridgehead atoms. The largest absolute Gasteiger partial charge is 0.392 e. The van der Waals surface area contributed by atoms with Gasteiger partial charge in [0.25, 0.3) is 0 Å². The molecule has 3 rings (SSSR count). The van der Waals surface area contributed by atoms with Crippen LogP contribution in [0, 0.1) is 12.3 Å². The minimum absolute atomic E-state index is 0.0238. The average molecular weight is 347 g/mol. The van der Waals surface area contributed by atoms with E-state index in [0.717, 1.165) is 37.1 Å². The number of aryl methyl sites for hydroxylation is 1. The van der Waals surface area contributed by atoms with Crippen LogP contribution >= 0.6 is 0 Å². The number of urea groups is 1. The molecule has 2 heterocycles. The molecule has 138 valence electrons. The second-order valence-electron chi connectivity index (χ2n) is 7.17. The van der Waals surface area contributed by atoms with Crippen molar-refractivity contribution in [1.82, 2.24) is 15.2 Å². The summed E-state index contributed by atoms with van der Waals surface area (Å²) in [5.74, 6) is 0. The van der Waals surface area contributed by atoms with Crippen LogP contribution in [0.25, 0.3) is 0 Å². The van der Waals surface area contributed by atoms with E-state index in [2.05, 4.69) is 10.3 Å². The Morgan fingerprint density at radius 3 is 2.84 bits per heavy atom. The van der Waals surface area contributed by atoms with E-state index in [0.29, 0.717) is 26.2 Å². The van der Waals surface area contributed by atoms with E-state index in [1.807, 2.05) is 36.9 Å². The van der Waals surface area contributed by atoms with Gasteiger partial charge in [-0.2, -0.15) is 0 Å². The van der Waals surface area contributed by atoms with Gasteiger partial charge in [0.05, 0.1) is 12.2 Å². The van der Waals surface area contributed by atoms with Crippen LogP contribution < -0.4 is 5.32 Å². The molecule has 0 aromatic carbocycles. The molecule has 25 heavy (non-hydrogen) atoms. The maximum atomic E-state index is 12.4. The molecule has 2 N–H and O–H groups in total. The summed E-state index contributed by atoms with van der Waals surface area (Å²) in [4.78, 5) is 18.7. The molecule has 6 nitrogen and oxygen atoms in total. The highest BCUT2D eigenvalue weighted by atomic mass is 16.5. The quantitative estimate of drug-likeness (QED) is 0.853. The van der Waals surface area contributed by atoms with Crippen LogP contribution in [0.4, 0.5) is 4.79 Å². The second kappa shape index (κ2) is 7.70. The Morgan fingerprint density at radius 2 is 2.20 bits per heavy atom. The fourth-order valence-corrected chi connectivity index (χ4v) is 4.09. The van der Waals surface area contributed by atoms with Crippen LogP contribution in [0.3, 0.4) is 0 Å². The Labute approximate surface area is 149 Å². The Kier molecular flexibility index (Phi) is 5.59. The fourth-order valence-electron chi connectivity index (χ4n) is 4.09. The molecular formula is C19H29N3O3. The van der Waals surface area contributed by atoms with Gasteiger partial charge in [0.2, 0.25) is 0 Å². The number of nitrogens with one attached hydrogen (secondary N) is 1. The number of piperidine rings is 1. The molecule has 1 saturated carbocycles. The molecule has 1 aliphatic carbocycles. The number of hydrogen-bond donors (Lipinski definition) is 2. The number of carbonyl (C=O) groups is 1. The first-order valence-electron chi connectivity index (χ1n) is 9.30. The van der Waals surface area contributed by atoms with Crippen LogP contribution in [0.5, 0.6) is 0 Å². The van der Waals surface area contributed by atoms with Gasteiger partial charge in [-0.15, -0.1) is 0 Å². The van der Waals surface area contributed by atoms with Crippen molar-refractivity contribution in [3.63, 3.8) is 0 Å². The first-order chi connectivity index (χ1) is 12.0. The summed E-state index contributed by atoms with van der Waals surface area (Å²) in [6, 6.07) is 5.91. The Balaban J connectivity index is 1.44. The first kappa shape index (κ1) is 18.1. The van der Waals surface area contributed by atoms with Crippen LogP contribution in [-0.2, 0) is 11.2 Å². The van der Waals surface area contributed by atoms with Gasteiger partial charge in [0.1, 0.15) is 0 Å². The third-order valence-corrected chi connectivity index (χ3v) is 5.69. The van der Waals surface area contributed by atoms with Crippen molar-refractivity contribution >= 4 is 6.03 Å². The van der Waals surface area contributed by atoms with Gasteiger partial charge in [0, 0.05) is 55.9 Å². The average Bonchev–Trinajstić information content (AvgIpc) is 2.62. The molecule has 2 amide bonds. The molecule has 1 aliphatic heterocycles. The van der Waals surface area contributed by atoms with E-state index >= 15 is 0 Å². The summed E-state index contributed by atoms with van der Waals surface area (Å²) >= 11 is 0. The molecule has 6 heteroatoms. The highest BCUT2D eigenvalue weighted by Gasteiger charge is 2.56. The van der Waals surface area contributed by atoms with Gasteiger partial charge in [-0.3, -0.25) is 4.98 Å². The predicted octanol–water partition coefficient (Wildman–Crippen LogP) is 1.89. The highest BCUT2D eigenvalue weighted by Crippen LogP contribution is 2.50. The van der Waals surface area contributed by atoms with Crippen molar-refractivity contribution in [3.8, 4) is 0 Å². The summed E-state index contributed by atoms with van der Waals surface area (Å²) in [6.07, 6.45) is 2.93. The molecule has 0 radical (unpaired) electrons. The maximum Gasteiger partial charge on any atom is 0.317 e. The number of nitrogens with zero attached hydrogens (tertiary/aromatic N) is 2. The van der Waals surface area contributed by atoms with Gasteiger partial charge in [0.15, 0.2) is 0 Å². The lowest BCUT2D eigenvalue weighted by Crippen LogP contribution is -2.63. The minimum Gasteiger partial charge on any atom is -0.392 e. The lowest BCUT2D eigenvalue weighted by molar-refractivity contribution is -0.207. The molecule has 1 aromatic rings. The summed E-state index contributed by atoms with van der Waals surface area (Å²) in [7, 11) is 0. The van der Waals surface area contributed by atoms with Crippen molar-refractivity contribution < 1.29 is 14.6 Å². The number of ether oxygens (including phenoxy) is 1. The van der Waals surface area contributed by atoms with Crippen LogP contribution in [0.15, 0.2) is 18.2 Å².